The third-order valence-corrected chi connectivity index (χ3v) is 6.52. The van der Waals surface area contributed by atoms with Crippen LogP contribution in [0.4, 0.5) is 5.69 Å². The molecular formula is C20H22N2O4S. The van der Waals surface area contributed by atoms with E-state index in [0.29, 0.717) is 0 Å². The summed E-state index contributed by atoms with van der Waals surface area (Å²) in [5.74, 6) is -0.723. The normalized spacial score (nSPS) is 14.9. The lowest BCUT2D eigenvalue weighted by molar-refractivity contribution is -0.116. The van der Waals surface area contributed by atoms with E-state index in [2.05, 4.69) is 5.32 Å². The molecule has 3 rings (SSSR count). The van der Waals surface area contributed by atoms with Gasteiger partial charge in [0.15, 0.2) is 0 Å². The van der Waals surface area contributed by atoms with Crippen molar-refractivity contribution in [3.05, 3.63) is 59.2 Å². The molecule has 0 bridgehead atoms. The van der Waals surface area contributed by atoms with Gasteiger partial charge < -0.3 is 5.32 Å². The van der Waals surface area contributed by atoms with Gasteiger partial charge in [-0.05, 0) is 43.0 Å². The molecule has 2 aromatic rings. The van der Waals surface area contributed by atoms with Crippen LogP contribution in [0.1, 0.15) is 41.3 Å². The lowest BCUT2D eigenvalue weighted by Gasteiger charge is -2.16. The van der Waals surface area contributed by atoms with Crippen LogP contribution in [-0.2, 0) is 21.2 Å². The molecule has 0 spiro atoms. The van der Waals surface area contributed by atoms with Crippen molar-refractivity contribution in [2.24, 2.45) is 0 Å². The van der Waals surface area contributed by atoms with E-state index in [4.69, 9.17) is 0 Å². The van der Waals surface area contributed by atoms with Gasteiger partial charge >= 0.3 is 0 Å². The number of nitrogens with one attached hydrogen (secondary N) is 1. The number of hydrogen-bond acceptors (Lipinski definition) is 4. The number of aryl methyl sites for hydroxylation is 2. The molecule has 0 radical (unpaired) electrons. The summed E-state index contributed by atoms with van der Waals surface area (Å²) in [5, 5.41) is 2.91. The summed E-state index contributed by atoms with van der Waals surface area (Å²) >= 11 is 0. The SMILES string of the molecule is CCc1cccc(C)c1NC(=O)CCCN1C(=O)c2ccccc2S1(=O)=O. The number of carbonyl (C=O) groups is 2. The van der Waals surface area contributed by atoms with Crippen molar-refractivity contribution < 1.29 is 18.0 Å². The van der Waals surface area contributed by atoms with E-state index in [1.54, 1.807) is 12.1 Å². The molecule has 0 atom stereocenters. The molecular weight excluding hydrogens is 364 g/mol. The molecule has 0 aromatic heterocycles. The maximum Gasteiger partial charge on any atom is 0.269 e. The molecule has 0 fully saturated rings. The van der Waals surface area contributed by atoms with Gasteiger partial charge in [0.1, 0.15) is 4.90 Å². The summed E-state index contributed by atoms with van der Waals surface area (Å²) in [6, 6.07) is 12.0. The van der Waals surface area contributed by atoms with Crippen molar-refractivity contribution in [1.29, 1.82) is 0 Å². The van der Waals surface area contributed by atoms with Gasteiger partial charge in [-0.3, -0.25) is 9.59 Å². The second kappa shape index (κ2) is 7.52. The van der Waals surface area contributed by atoms with Crippen LogP contribution in [0.5, 0.6) is 0 Å². The molecule has 0 saturated heterocycles. The van der Waals surface area contributed by atoms with Crippen molar-refractivity contribution in [3.8, 4) is 0 Å². The minimum atomic E-state index is -3.82. The Kier molecular flexibility index (Phi) is 5.32. The topological polar surface area (TPSA) is 83.6 Å². The van der Waals surface area contributed by atoms with E-state index >= 15 is 0 Å². The van der Waals surface area contributed by atoms with Crippen molar-refractivity contribution in [3.63, 3.8) is 0 Å². The molecule has 7 heteroatoms. The first-order valence-electron chi connectivity index (χ1n) is 8.90. The Hall–Kier alpha value is -2.67. The molecule has 6 nitrogen and oxygen atoms in total. The van der Waals surface area contributed by atoms with Gasteiger partial charge in [-0.25, -0.2) is 12.7 Å². The Balaban J connectivity index is 1.63. The number of amides is 2. The first-order valence-corrected chi connectivity index (χ1v) is 10.3. The predicted molar refractivity (Wildman–Crippen MR) is 103 cm³/mol. The fourth-order valence-corrected chi connectivity index (χ4v) is 4.85. The van der Waals surface area contributed by atoms with Crippen LogP contribution in [0.25, 0.3) is 0 Å². The Labute approximate surface area is 159 Å². The van der Waals surface area contributed by atoms with E-state index in [9.17, 15) is 18.0 Å². The summed E-state index contributed by atoms with van der Waals surface area (Å²) in [4.78, 5) is 24.7. The smallest absolute Gasteiger partial charge is 0.269 e. The van der Waals surface area contributed by atoms with Crippen molar-refractivity contribution in [2.75, 3.05) is 11.9 Å². The summed E-state index contributed by atoms with van der Waals surface area (Å²) in [6.07, 6.45) is 1.20. The largest absolute Gasteiger partial charge is 0.326 e. The molecule has 1 N–H and O–H groups in total. The third kappa shape index (κ3) is 3.60. The van der Waals surface area contributed by atoms with E-state index < -0.39 is 15.9 Å². The van der Waals surface area contributed by atoms with Gasteiger partial charge in [0.05, 0.1) is 5.56 Å². The van der Waals surface area contributed by atoms with E-state index in [0.717, 1.165) is 27.5 Å². The lowest BCUT2D eigenvalue weighted by Crippen LogP contribution is -2.31. The molecule has 27 heavy (non-hydrogen) atoms. The summed E-state index contributed by atoms with van der Waals surface area (Å²) in [7, 11) is -3.82. The van der Waals surface area contributed by atoms with Gasteiger partial charge in [-0.1, -0.05) is 37.3 Å². The highest BCUT2D eigenvalue weighted by Gasteiger charge is 2.40. The zero-order valence-electron chi connectivity index (χ0n) is 15.4. The molecule has 2 amide bonds. The number of rotatable bonds is 6. The highest BCUT2D eigenvalue weighted by molar-refractivity contribution is 7.90. The summed E-state index contributed by atoms with van der Waals surface area (Å²) in [6.45, 7) is 3.94. The fourth-order valence-electron chi connectivity index (χ4n) is 3.24. The van der Waals surface area contributed by atoms with Gasteiger partial charge in [-0.2, -0.15) is 0 Å². The van der Waals surface area contributed by atoms with Gasteiger partial charge in [0, 0.05) is 18.7 Å². The summed E-state index contributed by atoms with van der Waals surface area (Å²) < 4.78 is 25.8. The number of carbonyl (C=O) groups excluding carboxylic acids is 2. The average Bonchev–Trinajstić information content (AvgIpc) is 2.84. The molecule has 1 aliphatic heterocycles. The Morgan fingerprint density at radius 1 is 1.11 bits per heavy atom. The molecule has 1 aliphatic rings. The third-order valence-electron chi connectivity index (χ3n) is 4.68. The fraction of sp³-hybridized carbons (Fsp3) is 0.300. The Morgan fingerprint density at radius 3 is 2.56 bits per heavy atom. The van der Waals surface area contributed by atoms with Crippen LogP contribution < -0.4 is 5.32 Å². The zero-order valence-corrected chi connectivity index (χ0v) is 16.2. The van der Waals surface area contributed by atoms with Crippen LogP contribution >= 0.6 is 0 Å². The van der Waals surface area contributed by atoms with Crippen molar-refractivity contribution in [1.82, 2.24) is 4.31 Å². The van der Waals surface area contributed by atoms with Crippen molar-refractivity contribution >= 4 is 27.5 Å². The zero-order chi connectivity index (χ0) is 19.6. The molecule has 1 heterocycles. The van der Waals surface area contributed by atoms with Gasteiger partial charge in [-0.15, -0.1) is 0 Å². The minimum absolute atomic E-state index is 0.0162. The number of sulfonamides is 1. The second-order valence-electron chi connectivity index (χ2n) is 6.49. The summed E-state index contributed by atoms with van der Waals surface area (Å²) in [5.41, 5.74) is 3.03. The van der Waals surface area contributed by atoms with E-state index in [1.807, 2.05) is 32.0 Å². The van der Waals surface area contributed by atoms with Crippen LogP contribution in [-0.4, -0.2) is 31.1 Å². The second-order valence-corrected chi connectivity index (χ2v) is 8.32. The number of para-hydroxylation sites is 1. The standard InChI is InChI=1S/C20H22N2O4S/c1-3-15-9-6-8-14(2)19(15)21-18(23)12-7-13-22-20(24)16-10-4-5-11-17(16)27(22,25)26/h4-6,8-11H,3,7,12-13H2,1-2H3,(H,21,23). The van der Waals surface area contributed by atoms with E-state index in [-0.39, 0.29) is 35.8 Å². The van der Waals surface area contributed by atoms with Crippen LogP contribution in [0.15, 0.2) is 47.4 Å². The van der Waals surface area contributed by atoms with Crippen LogP contribution in [0.2, 0.25) is 0 Å². The molecule has 0 aliphatic carbocycles. The number of benzene rings is 2. The first-order chi connectivity index (χ1) is 12.9. The number of hydrogen-bond donors (Lipinski definition) is 1. The van der Waals surface area contributed by atoms with Gasteiger partial charge in [0.25, 0.3) is 15.9 Å². The van der Waals surface area contributed by atoms with E-state index in [1.165, 1.54) is 12.1 Å². The monoisotopic (exact) mass is 386 g/mol. The molecule has 0 unspecified atom stereocenters. The molecule has 2 aromatic carbocycles. The first kappa shape index (κ1) is 19.1. The maximum atomic E-state index is 12.5. The van der Waals surface area contributed by atoms with Crippen LogP contribution in [0.3, 0.4) is 0 Å². The highest BCUT2D eigenvalue weighted by Crippen LogP contribution is 2.30. The maximum absolute atomic E-state index is 12.5. The van der Waals surface area contributed by atoms with Gasteiger partial charge in [0.2, 0.25) is 5.91 Å². The quantitative estimate of drug-likeness (QED) is 0.827. The lowest BCUT2D eigenvalue weighted by atomic mass is 10.1. The number of anilines is 1. The van der Waals surface area contributed by atoms with Crippen molar-refractivity contribution in [2.45, 2.75) is 38.0 Å². The molecule has 0 saturated carbocycles. The average molecular weight is 386 g/mol. The molecule has 142 valence electrons. The minimum Gasteiger partial charge on any atom is -0.326 e. The Morgan fingerprint density at radius 2 is 1.85 bits per heavy atom. The van der Waals surface area contributed by atoms with Crippen LogP contribution in [0, 0.1) is 6.92 Å². The number of nitrogens with zero attached hydrogens (tertiary/aromatic N) is 1. The number of fused-ring (bicyclic) bond motifs is 1. The highest BCUT2D eigenvalue weighted by atomic mass is 32.2. The predicted octanol–water partition coefficient (Wildman–Crippen LogP) is 3.12. The Bertz CT molecular complexity index is 999.